The summed E-state index contributed by atoms with van der Waals surface area (Å²) in [5.74, 6) is -0.655. The molecule has 2 nitrogen and oxygen atoms in total. The van der Waals surface area contributed by atoms with Gasteiger partial charge in [-0.1, -0.05) is 12.1 Å². The number of amides is 1. The summed E-state index contributed by atoms with van der Waals surface area (Å²) >= 11 is 3.20. The molecule has 0 saturated carbocycles. The topological polar surface area (TPSA) is 20.3 Å². The minimum Gasteiger partial charge on any atom is -0.333 e. The lowest BCUT2D eigenvalue weighted by atomic mass is 10.1. The number of halogens is 4. The SMILES string of the molecule is Cc1cccc(C(=O)N(C)CC(F)(F)F)c1Br. The second kappa shape index (κ2) is 5.08. The van der Waals surface area contributed by atoms with Crippen LogP contribution in [0.2, 0.25) is 0 Å². The van der Waals surface area contributed by atoms with Crippen molar-refractivity contribution in [2.75, 3.05) is 13.6 Å². The molecule has 94 valence electrons. The van der Waals surface area contributed by atoms with Crippen molar-refractivity contribution in [1.82, 2.24) is 4.90 Å². The van der Waals surface area contributed by atoms with E-state index in [1.165, 1.54) is 6.07 Å². The molecule has 0 aliphatic heterocycles. The third-order valence-electron chi connectivity index (χ3n) is 2.19. The first-order valence-electron chi connectivity index (χ1n) is 4.79. The average Bonchev–Trinajstić information content (AvgIpc) is 2.18. The quantitative estimate of drug-likeness (QED) is 0.820. The van der Waals surface area contributed by atoms with E-state index in [2.05, 4.69) is 15.9 Å². The number of carbonyl (C=O) groups excluding carboxylic acids is 1. The summed E-state index contributed by atoms with van der Waals surface area (Å²) in [4.78, 5) is 12.4. The Morgan fingerprint density at radius 1 is 1.41 bits per heavy atom. The van der Waals surface area contributed by atoms with E-state index in [0.29, 0.717) is 9.37 Å². The lowest BCUT2D eigenvalue weighted by Crippen LogP contribution is -2.36. The Labute approximate surface area is 106 Å². The minimum absolute atomic E-state index is 0.233. The third kappa shape index (κ3) is 3.73. The molecule has 0 bridgehead atoms. The van der Waals surface area contributed by atoms with Crippen molar-refractivity contribution in [2.45, 2.75) is 13.1 Å². The van der Waals surface area contributed by atoms with Crippen molar-refractivity contribution in [3.8, 4) is 0 Å². The van der Waals surface area contributed by atoms with Crippen LogP contribution < -0.4 is 0 Å². The zero-order valence-corrected chi connectivity index (χ0v) is 10.9. The first-order valence-corrected chi connectivity index (χ1v) is 5.59. The zero-order chi connectivity index (χ0) is 13.2. The first kappa shape index (κ1) is 14.0. The standard InChI is InChI=1S/C11H11BrF3NO/c1-7-4-3-5-8(9(7)12)10(17)16(2)6-11(13,14)15/h3-5H,6H2,1-2H3. The zero-order valence-electron chi connectivity index (χ0n) is 9.31. The predicted octanol–water partition coefficient (Wildman–Crippen LogP) is 3.39. The van der Waals surface area contributed by atoms with Gasteiger partial charge in [-0.15, -0.1) is 0 Å². The molecule has 1 rings (SSSR count). The van der Waals surface area contributed by atoms with E-state index in [1.807, 2.05) is 0 Å². The molecule has 0 fully saturated rings. The second-order valence-corrected chi connectivity index (χ2v) is 4.51. The second-order valence-electron chi connectivity index (χ2n) is 3.71. The van der Waals surface area contributed by atoms with Crippen molar-refractivity contribution in [2.24, 2.45) is 0 Å². The van der Waals surface area contributed by atoms with Crippen molar-refractivity contribution in [3.63, 3.8) is 0 Å². The van der Waals surface area contributed by atoms with Crippen LogP contribution in [0, 0.1) is 6.92 Å². The van der Waals surface area contributed by atoms with Gasteiger partial charge < -0.3 is 4.90 Å². The predicted molar refractivity (Wildman–Crippen MR) is 61.9 cm³/mol. The van der Waals surface area contributed by atoms with Crippen molar-refractivity contribution in [3.05, 3.63) is 33.8 Å². The molecule has 0 atom stereocenters. The maximum atomic E-state index is 12.2. The molecule has 0 heterocycles. The van der Waals surface area contributed by atoms with Crippen LogP contribution >= 0.6 is 15.9 Å². The molecule has 0 N–H and O–H groups in total. The molecule has 0 saturated heterocycles. The van der Waals surface area contributed by atoms with Crippen molar-refractivity contribution in [1.29, 1.82) is 0 Å². The maximum Gasteiger partial charge on any atom is 0.406 e. The molecule has 0 radical (unpaired) electrons. The highest BCUT2D eigenvalue weighted by atomic mass is 79.9. The van der Waals surface area contributed by atoms with Crippen LogP contribution in [0.4, 0.5) is 13.2 Å². The number of benzene rings is 1. The highest BCUT2D eigenvalue weighted by Crippen LogP contribution is 2.23. The van der Waals surface area contributed by atoms with Gasteiger partial charge >= 0.3 is 6.18 Å². The van der Waals surface area contributed by atoms with Crippen molar-refractivity contribution < 1.29 is 18.0 Å². The molecular formula is C11H11BrF3NO. The Morgan fingerprint density at radius 2 is 2.00 bits per heavy atom. The van der Waals surface area contributed by atoms with E-state index >= 15 is 0 Å². The number of aryl methyl sites for hydroxylation is 1. The summed E-state index contributed by atoms with van der Waals surface area (Å²) < 4.78 is 37.0. The number of rotatable bonds is 2. The molecule has 6 heteroatoms. The summed E-state index contributed by atoms with van der Waals surface area (Å²) in [6, 6.07) is 4.89. The molecule has 0 aliphatic carbocycles. The molecule has 0 aliphatic rings. The summed E-state index contributed by atoms with van der Waals surface area (Å²) in [7, 11) is 1.13. The fourth-order valence-electron chi connectivity index (χ4n) is 1.36. The lowest BCUT2D eigenvalue weighted by molar-refractivity contribution is -0.138. The van der Waals surface area contributed by atoms with E-state index in [9.17, 15) is 18.0 Å². The fraction of sp³-hybridized carbons (Fsp3) is 0.364. The normalized spacial score (nSPS) is 11.4. The first-order chi connectivity index (χ1) is 7.72. The summed E-state index contributed by atoms with van der Waals surface area (Å²) in [5, 5.41) is 0. The van der Waals surface area contributed by atoms with E-state index in [0.717, 1.165) is 12.6 Å². The number of alkyl halides is 3. The van der Waals surface area contributed by atoms with Gasteiger partial charge in [-0.05, 0) is 34.5 Å². The van der Waals surface area contributed by atoms with Crippen LogP contribution in [0.5, 0.6) is 0 Å². The van der Waals surface area contributed by atoms with E-state index in [1.54, 1.807) is 19.1 Å². The Balaban J connectivity index is 2.93. The van der Waals surface area contributed by atoms with Gasteiger partial charge in [0.15, 0.2) is 0 Å². The molecular weight excluding hydrogens is 299 g/mol. The van der Waals surface area contributed by atoms with Crippen LogP contribution in [-0.4, -0.2) is 30.6 Å². The van der Waals surface area contributed by atoms with Gasteiger partial charge in [-0.3, -0.25) is 4.79 Å². The average molecular weight is 310 g/mol. The molecule has 1 aromatic rings. The van der Waals surface area contributed by atoms with Gasteiger partial charge in [0.2, 0.25) is 0 Å². The van der Waals surface area contributed by atoms with Gasteiger partial charge in [-0.25, -0.2) is 0 Å². The minimum atomic E-state index is -4.39. The largest absolute Gasteiger partial charge is 0.406 e. The Kier molecular flexibility index (Phi) is 4.19. The number of carbonyl (C=O) groups is 1. The van der Waals surface area contributed by atoms with Gasteiger partial charge in [0.1, 0.15) is 6.54 Å². The number of nitrogens with zero attached hydrogens (tertiary/aromatic N) is 1. The van der Waals surface area contributed by atoms with Crippen LogP contribution in [-0.2, 0) is 0 Å². The maximum absolute atomic E-state index is 12.2. The Bertz CT molecular complexity index is 431. The lowest BCUT2D eigenvalue weighted by Gasteiger charge is -2.19. The smallest absolute Gasteiger partial charge is 0.333 e. The monoisotopic (exact) mass is 309 g/mol. The number of hydrogen-bond acceptors (Lipinski definition) is 1. The number of hydrogen-bond donors (Lipinski definition) is 0. The molecule has 1 amide bonds. The van der Waals surface area contributed by atoms with E-state index in [4.69, 9.17) is 0 Å². The van der Waals surface area contributed by atoms with Gasteiger partial charge in [0, 0.05) is 11.5 Å². The summed E-state index contributed by atoms with van der Waals surface area (Å²) in [6.45, 7) is 0.511. The van der Waals surface area contributed by atoms with Crippen molar-refractivity contribution >= 4 is 21.8 Å². The van der Waals surface area contributed by atoms with Gasteiger partial charge in [0.05, 0.1) is 5.56 Å². The van der Waals surface area contributed by atoms with E-state index in [-0.39, 0.29) is 5.56 Å². The van der Waals surface area contributed by atoms with Crippen LogP contribution in [0.1, 0.15) is 15.9 Å². The molecule has 1 aromatic carbocycles. The highest BCUT2D eigenvalue weighted by molar-refractivity contribution is 9.10. The Morgan fingerprint density at radius 3 is 2.53 bits per heavy atom. The fourth-order valence-corrected chi connectivity index (χ4v) is 1.79. The molecule has 17 heavy (non-hydrogen) atoms. The molecule has 0 spiro atoms. The van der Waals surface area contributed by atoms with Gasteiger partial charge in [-0.2, -0.15) is 13.2 Å². The third-order valence-corrected chi connectivity index (χ3v) is 3.24. The molecule has 0 aromatic heterocycles. The highest BCUT2D eigenvalue weighted by Gasteiger charge is 2.31. The van der Waals surface area contributed by atoms with Gasteiger partial charge in [0.25, 0.3) is 5.91 Å². The van der Waals surface area contributed by atoms with Crippen LogP contribution in [0.3, 0.4) is 0 Å². The van der Waals surface area contributed by atoms with Crippen LogP contribution in [0.25, 0.3) is 0 Å². The summed E-state index contributed by atoms with van der Waals surface area (Å²) in [5.41, 5.74) is 1.04. The van der Waals surface area contributed by atoms with E-state index < -0.39 is 18.6 Å². The summed E-state index contributed by atoms with van der Waals surface area (Å²) in [6.07, 6.45) is -4.39. The Hall–Kier alpha value is -1.04. The molecule has 0 unspecified atom stereocenters. The van der Waals surface area contributed by atoms with Crippen LogP contribution in [0.15, 0.2) is 22.7 Å².